The van der Waals surface area contributed by atoms with E-state index in [9.17, 15) is 4.39 Å². The van der Waals surface area contributed by atoms with Gasteiger partial charge >= 0.3 is 0 Å². The van der Waals surface area contributed by atoms with E-state index < -0.39 is 0 Å². The molecule has 1 aliphatic rings. The molecule has 0 amide bonds. The molecule has 1 saturated heterocycles. The number of halogens is 2. The first kappa shape index (κ1) is 13.3. The Labute approximate surface area is 123 Å². The summed E-state index contributed by atoms with van der Waals surface area (Å²) in [4.78, 5) is 4.52. The molecule has 0 aliphatic carbocycles. The van der Waals surface area contributed by atoms with E-state index in [0.717, 1.165) is 42.6 Å². The fourth-order valence-electron chi connectivity index (χ4n) is 2.57. The smallest absolute Gasteiger partial charge is 0.125 e. The van der Waals surface area contributed by atoms with Gasteiger partial charge < -0.3 is 9.80 Å². The largest absolute Gasteiger partial charge is 0.368 e. The van der Waals surface area contributed by atoms with Gasteiger partial charge in [0, 0.05) is 42.6 Å². The Hall–Kier alpha value is -1.74. The van der Waals surface area contributed by atoms with E-state index in [1.807, 2.05) is 24.3 Å². The molecule has 4 heteroatoms. The first-order chi connectivity index (χ1) is 9.72. The lowest BCUT2D eigenvalue weighted by molar-refractivity contribution is 0.620. The summed E-state index contributed by atoms with van der Waals surface area (Å²) < 4.78 is 13.3. The summed E-state index contributed by atoms with van der Waals surface area (Å²) in [5.41, 5.74) is 2.10. The zero-order chi connectivity index (χ0) is 13.9. The lowest BCUT2D eigenvalue weighted by Gasteiger charge is -2.37. The van der Waals surface area contributed by atoms with Crippen LogP contribution in [0.15, 0.2) is 48.5 Å². The number of rotatable bonds is 2. The second kappa shape index (κ2) is 5.71. The Kier molecular flexibility index (Phi) is 3.79. The third-order valence-corrected chi connectivity index (χ3v) is 3.86. The van der Waals surface area contributed by atoms with Crippen molar-refractivity contribution in [1.82, 2.24) is 0 Å². The molecule has 2 nitrogen and oxygen atoms in total. The first-order valence-electron chi connectivity index (χ1n) is 6.73. The zero-order valence-corrected chi connectivity index (χ0v) is 11.9. The van der Waals surface area contributed by atoms with Crippen LogP contribution in [-0.2, 0) is 0 Å². The third-order valence-electron chi connectivity index (χ3n) is 3.63. The second-order valence-electron chi connectivity index (χ2n) is 4.93. The minimum Gasteiger partial charge on any atom is -0.368 e. The van der Waals surface area contributed by atoms with E-state index in [1.165, 1.54) is 6.07 Å². The average molecular weight is 291 g/mol. The molecule has 1 fully saturated rings. The van der Waals surface area contributed by atoms with E-state index in [1.54, 1.807) is 12.1 Å². The molecule has 1 aliphatic heterocycles. The van der Waals surface area contributed by atoms with E-state index >= 15 is 0 Å². The van der Waals surface area contributed by atoms with Crippen LogP contribution in [0, 0.1) is 5.82 Å². The topological polar surface area (TPSA) is 6.48 Å². The van der Waals surface area contributed by atoms with Crippen LogP contribution in [0.3, 0.4) is 0 Å². The predicted molar refractivity (Wildman–Crippen MR) is 82.3 cm³/mol. The summed E-state index contributed by atoms with van der Waals surface area (Å²) in [6.45, 7) is 3.60. The van der Waals surface area contributed by atoms with E-state index in [4.69, 9.17) is 11.6 Å². The van der Waals surface area contributed by atoms with Gasteiger partial charge in [-0.05, 0) is 36.4 Å². The zero-order valence-electron chi connectivity index (χ0n) is 11.1. The van der Waals surface area contributed by atoms with Crippen molar-refractivity contribution in [3.63, 3.8) is 0 Å². The Morgan fingerprint density at radius 2 is 1.35 bits per heavy atom. The highest BCUT2D eigenvalue weighted by atomic mass is 35.5. The van der Waals surface area contributed by atoms with Gasteiger partial charge in [-0.25, -0.2) is 4.39 Å². The summed E-state index contributed by atoms with van der Waals surface area (Å²) >= 11 is 6.03. The maximum atomic E-state index is 13.3. The van der Waals surface area contributed by atoms with Crippen molar-refractivity contribution in [1.29, 1.82) is 0 Å². The van der Waals surface area contributed by atoms with Gasteiger partial charge in [0.05, 0.1) is 0 Å². The lowest BCUT2D eigenvalue weighted by Crippen LogP contribution is -2.46. The summed E-state index contributed by atoms with van der Waals surface area (Å²) in [6, 6.07) is 14.7. The molecule has 3 rings (SSSR count). The Morgan fingerprint density at radius 1 is 0.800 bits per heavy atom. The molecule has 1 heterocycles. The van der Waals surface area contributed by atoms with Gasteiger partial charge in [-0.15, -0.1) is 0 Å². The molecule has 2 aromatic carbocycles. The van der Waals surface area contributed by atoms with Crippen LogP contribution in [0.1, 0.15) is 0 Å². The lowest BCUT2D eigenvalue weighted by atomic mass is 10.2. The minimum atomic E-state index is -0.181. The summed E-state index contributed by atoms with van der Waals surface area (Å²) in [5.74, 6) is -0.181. The fraction of sp³-hybridized carbons (Fsp3) is 0.250. The minimum absolute atomic E-state index is 0.181. The standard InChI is InChI=1S/C16H16ClFN2/c17-13-3-1-5-15(11-13)19-7-9-20(10-8-19)16-6-2-4-14(18)12-16/h1-6,11-12H,7-10H2. The molecular weight excluding hydrogens is 275 g/mol. The molecule has 2 aromatic rings. The van der Waals surface area contributed by atoms with Gasteiger partial charge in [-0.2, -0.15) is 0 Å². The maximum Gasteiger partial charge on any atom is 0.125 e. The van der Waals surface area contributed by atoms with Crippen LogP contribution < -0.4 is 9.80 Å². The number of anilines is 2. The van der Waals surface area contributed by atoms with Gasteiger partial charge in [-0.3, -0.25) is 0 Å². The molecule has 0 bridgehead atoms. The second-order valence-corrected chi connectivity index (χ2v) is 5.37. The number of nitrogens with zero attached hydrogens (tertiary/aromatic N) is 2. The van der Waals surface area contributed by atoms with E-state index in [0.29, 0.717) is 0 Å². The summed E-state index contributed by atoms with van der Waals surface area (Å²) in [6.07, 6.45) is 0. The van der Waals surface area contributed by atoms with Crippen LogP contribution in [0.5, 0.6) is 0 Å². The van der Waals surface area contributed by atoms with Crippen molar-refractivity contribution < 1.29 is 4.39 Å². The van der Waals surface area contributed by atoms with E-state index in [-0.39, 0.29) is 5.82 Å². The van der Waals surface area contributed by atoms with Crippen LogP contribution in [-0.4, -0.2) is 26.2 Å². The van der Waals surface area contributed by atoms with Gasteiger partial charge in [0.2, 0.25) is 0 Å². The van der Waals surface area contributed by atoms with Crippen LogP contribution in [0.4, 0.5) is 15.8 Å². The SMILES string of the molecule is Fc1cccc(N2CCN(c3cccc(Cl)c3)CC2)c1. The highest BCUT2D eigenvalue weighted by molar-refractivity contribution is 6.30. The Morgan fingerprint density at radius 3 is 1.90 bits per heavy atom. The highest BCUT2D eigenvalue weighted by Gasteiger charge is 2.17. The van der Waals surface area contributed by atoms with Gasteiger partial charge in [0.1, 0.15) is 5.82 Å². The fourth-order valence-corrected chi connectivity index (χ4v) is 2.75. The maximum absolute atomic E-state index is 13.3. The van der Waals surface area contributed by atoms with Crippen molar-refractivity contribution in [2.75, 3.05) is 36.0 Å². The van der Waals surface area contributed by atoms with Crippen molar-refractivity contribution >= 4 is 23.0 Å². The third kappa shape index (κ3) is 2.88. The quantitative estimate of drug-likeness (QED) is 0.830. The number of benzene rings is 2. The molecule has 0 aromatic heterocycles. The molecule has 104 valence electrons. The number of hydrogen-bond acceptors (Lipinski definition) is 2. The van der Waals surface area contributed by atoms with Crippen molar-refractivity contribution in [3.05, 3.63) is 59.4 Å². The molecule has 0 spiro atoms. The molecule has 20 heavy (non-hydrogen) atoms. The first-order valence-corrected chi connectivity index (χ1v) is 7.11. The van der Waals surface area contributed by atoms with Crippen molar-refractivity contribution in [2.24, 2.45) is 0 Å². The van der Waals surface area contributed by atoms with Crippen LogP contribution >= 0.6 is 11.6 Å². The van der Waals surface area contributed by atoms with Gasteiger partial charge in [-0.1, -0.05) is 23.7 Å². The van der Waals surface area contributed by atoms with Crippen molar-refractivity contribution in [2.45, 2.75) is 0 Å². The van der Waals surface area contributed by atoms with Gasteiger partial charge in [0.15, 0.2) is 0 Å². The summed E-state index contributed by atoms with van der Waals surface area (Å²) in [7, 11) is 0. The Bertz CT molecular complexity index is 541. The highest BCUT2D eigenvalue weighted by Crippen LogP contribution is 2.23. The van der Waals surface area contributed by atoms with Crippen LogP contribution in [0.25, 0.3) is 0 Å². The molecule has 0 radical (unpaired) electrons. The van der Waals surface area contributed by atoms with E-state index in [2.05, 4.69) is 15.9 Å². The molecule has 0 saturated carbocycles. The monoisotopic (exact) mass is 290 g/mol. The molecule has 0 N–H and O–H groups in total. The normalized spacial score (nSPS) is 15.5. The molecule has 0 atom stereocenters. The van der Waals surface area contributed by atoms with Gasteiger partial charge in [0.25, 0.3) is 0 Å². The number of hydrogen-bond donors (Lipinski definition) is 0. The van der Waals surface area contributed by atoms with Crippen LogP contribution in [0.2, 0.25) is 5.02 Å². The van der Waals surface area contributed by atoms with Crippen molar-refractivity contribution in [3.8, 4) is 0 Å². The number of piperazine rings is 1. The summed E-state index contributed by atoms with van der Waals surface area (Å²) in [5, 5.41) is 0.759. The Balaban J connectivity index is 1.68. The molecule has 0 unspecified atom stereocenters. The predicted octanol–water partition coefficient (Wildman–Crippen LogP) is 3.81. The average Bonchev–Trinajstić information content (AvgIpc) is 2.47. The molecular formula is C16H16ClFN2.